The normalized spacial score (nSPS) is 15.4. The van der Waals surface area contributed by atoms with Gasteiger partial charge in [0.2, 0.25) is 0 Å². The van der Waals surface area contributed by atoms with Gasteiger partial charge in [0.25, 0.3) is 5.91 Å². The first-order valence-electron chi connectivity index (χ1n) is 5.91. The number of carbonyl (C=O) groups excluding carboxylic acids is 1. The van der Waals surface area contributed by atoms with E-state index in [1.54, 1.807) is 0 Å². The number of nitrogens with zero attached hydrogens (tertiary/aromatic N) is 1. The molecule has 1 aromatic carbocycles. The summed E-state index contributed by atoms with van der Waals surface area (Å²) in [4.78, 5) is 13.2. The van der Waals surface area contributed by atoms with Crippen molar-refractivity contribution in [1.29, 1.82) is 0 Å². The fraction of sp³-hybridized carbons (Fsp3) is 0.462. The Morgan fingerprint density at radius 1 is 1.37 bits per heavy atom. The first kappa shape index (κ1) is 13.8. The SMILES string of the molecule is CN(CC1CC1)C(=O)c1cc(C(F)(F)F)ccc1F. The average molecular weight is 275 g/mol. The van der Waals surface area contributed by atoms with Crippen LogP contribution < -0.4 is 0 Å². The zero-order valence-corrected chi connectivity index (χ0v) is 10.3. The van der Waals surface area contributed by atoms with Gasteiger partial charge in [-0.25, -0.2) is 4.39 Å². The van der Waals surface area contributed by atoms with Crippen LogP contribution in [0.15, 0.2) is 18.2 Å². The van der Waals surface area contributed by atoms with Gasteiger partial charge in [0.15, 0.2) is 0 Å². The number of benzene rings is 1. The van der Waals surface area contributed by atoms with Gasteiger partial charge in [-0.1, -0.05) is 0 Å². The molecule has 0 unspecified atom stereocenters. The lowest BCUT2D eigenvalue weighted by Crippen LogP contribution is -2.29. The maximum atomic E-state index is 13.5. The summed E-state index contributed by atoms with van der Waals surface area (Å²) in [7, 11) is 1.47. The summed E-state index contributed by atoms with van der Waals surface area (Å²) in [5.41, 5.74) is -1.55. The van der Waals surface area contributed by atoms with Gasteiger partial charge in [-0.15, -0.1) is 0 Å². The molecule has 1 aliphatic carbocycles. The minimum atomic E-state index is -4.59. The van der Waals surface area contributed by atoms with Gasteiger partial charge in [-0.3, -0.25) is 4.79 Å². The molecular weight excluding hydrogens is 262 g/mol. The Labute approximate surface area is 108 Å². The van der Waals surface area contributed by atoms with Gasteiger partial charge in [0.1, 0.15) is 5.82 Å². The van der Waals surface area contributed by atoms with E-state index in [0.29, 0.717) is 30.7 Å². The molecule has 0 spiro atoms. The third-order valence-corrected chi connectivity index (χ3v) is 3.10. The zero-order chi connectivity index (χ0) is 14.2. The molecule has 0 aromatic heterocycles. The summed E-state index contributed by atoms with van der Waals surface area (Å²) in [5, 5.41) is 0. The predicted molar refractivity (Wildman–Crippen MR) is 61.1 cm³/mol. The fourth-order valence-corrected chi connectivity index (χ4v) is 1.84. The second-order valence-corrected chi connectivity index (χ2v) is 4.82. The van der Waals surface area contributed by atoms with E-state index in [0.717, 1.165) is 12.8 Å². The van der Waals surface area contributed by atoms with E-state index in [1.807, 2.05) is 0 Å². The summed E-state index contributed by atoms with van der Waals surface area (Å²) >= 11 is 0. The molecule has 0 bridgehead atoms. The lowest BCUT2D eigenvalue weighted by molar-refractivity contribution is -0.137. The van der Waals surface area contributed by atoms with E-state index in [9.17, 15) is 22.4 Å². The summed E-state index contributed by atoms with van der Waals surface area (Å²) < 4.78 is 51.1. The molecule has 0 heterocycles. The molecule has 6 heteroatoms. The van der Waals surface area contributed by atoms with Crippen LogP contribution in [-0.2, 0) is 6.18 Å². The maximum absolute atomic E-state index is 13.5. The maximum Gasteiger partial charge on any atom is 0.416 e. The molecule has 19 heavy (non-hydrogen) atoms. The van der Waals surface area contributed by atoms with Gasteiger partial charge in [-0.05, 0) is 37.0 Å². The van der Waals surface area contributed by atoms with Crippen LogP contribution in [0, 0.1) is 11.7 Å². The third-order valence-electron chi connectivity index (χ3n) is 3.10. The molecule has 0 saturated heterocycles. The Kier molecular flexibility index (Phi) is 3.52. The predicted octanol–water partition coefficient (Wildman–Crippen LogP) is 3.33. The zero-order valence-electron chi connectivity index (χ0n) is 10.3. The Hall–Kier alpha value is -1.59. The highest BCUT2D eigenvalue weighted by atomic mass is 19.4. The lowest BCUT2D eigenvalue weighted by atomic mass is 10.1. The van der Waals surface area contributed by atoms with Crippen LogP contribution >= 0.6 is 0 Å². The highest BCUT2D eigenvalue weighted by Gasteiger charge is 2.33. The van der Waals surface area contributed by atoms with Crippen LogP contribution in [-0.4, -0.2) is 24.4 Å². The van der Waals surface area contributed by atoms with Crippen LogP contribution in [0.2, 0.25) is 0 Å². The molecule has 2 rings (SSSR count). The number of hydrogen-bond donors (Lipinski definition) is 0. The van der Waals surface area contributed by atoms with Crippen molar-refractivity contribution in [1.82, 2.24) is 4.90 Å². The van der Waals surface area contributed by atoms with Crippen molar-refractivity contribution in [2.24, 2.45) is 5.92 Å². The van der Waals surface area contributed by atoms with E-state index in [1.165, 1.54) is 11.9 Å². The van der Waals surface area contributed by atoms with Crippen molar-refractivity contribution in [2.75, 3.05) is 13.6 Å². The molecule has 0 N–H and O–H groups in total. The molecule has 1 aromatic rings. The summed E-state index contributed by atoms with van der Waals surface area (Å²) in [5.74, 6) is -1.25. The Morgan fingerprint density at radius 2 is 2.00 bits per heavy atom. The molecule has 1 fully saturated rings. The quantitative estimate of drug-likeness (QED) is 0.775. The van der Waals surface area contributed by atoms with Crippen LogP contribution in [0.5, 0.6) is 0 Å². The number of amides is 1. The van der Waals surface area contributed by atoms with Crippen molar-refractivity contribution in [3.63, 3.8) is 0 Å². The van der Waals surface area contributed by atoms with E-state index in [2.05, 4.69) is 0 Å². The van der Waals surface area contributed by atoms with Crippen molar-refractivity contribution in [2.45, 2.75) is 19.0 Å². The lowest BCUT2D eigenvalue weighted by Gasteiger charge is -2.18. The van der Waals surface area contributed by atoms with Gasteiger partial charge >= 0.3 is 6.18 Å². The van der Waals surface area contributed by atoms with Crippen molar-refractivity contribution >= 4 is 5.91 Å². The molecule has 0 atom stereocenters. The second-order valence-electron chi connectivity index (χ2n) is 4.82. The average Bonchev–Trinajstić information content (AvgIpc) is 3.11. The summed E-state index contributed by atoms with van der Waals surface area (Å²) in [6.45, 7) is 0.453. The van der Waals surface area contributed by atoms with Gasteiger partial charge in [-0.2, -0.15) is 13.2 Å². The highest BCUT2D eigenvalue weighted by molar-refractivity contribution is 5.94. The summed E-state index contributed by atoms with van der Waals surface area (Å²) in [6, 6.07) is 1.88. The first-order chi connectivity index (χ1) is 8.79. The number of halogens is 4. The standard InChI is InChI=1S/C13H13F4NO/c1-18(7-8-2-3-8)12(19)10-6-9(13(15,16)17)4-5-11(10)14/h4-6,8H,2-3,7H2,1H3. The van der Waals surface area contributed by atoms with Gasteiger partial charge in [0, 0.05) is 13.6 Å². The molecule has 1 amide bonds. The molecule has 0 radical (unpaired) electrons. The summed E-state index contributed by atoms with van der Waals surface area (Å²) in [6.07, 6.45) is -2.58. The number of carbonyl (C=O) groups is 1. The minimum absolute atomic E-state index is 0.391. The molecule has 104 valence electrons. The van der Waals surface area contributed by atoms with E-state index < -0.39 is 29.0 Å². The van der Waals surface area contributed by atoms with Crippen molar-refractivity contribution < 1.29 is 22.4 Å². The number of alkyl halides is 3. The van der Waals surface area contributed by atoms with Crippen LogP contribution in [0.1, 0.15) is 28.8 Å². The van der Waals surface area contributed by atoms with Crippen LogP contribution in [0.25, 0.3) is 0 Å². The number of hydrogen-bond acceptors (Lipinski definition) is 1. The minimum Gasteiger partial charge on any atom is -0.341 e. The molecular formula is C13H13F4NO. The van der Waals surface area contributed by atoms with Crippen molar-refractivity contribution in [3.8, 4) is 0 Å². The van der Waals surface area contributed by atoms with Gasteiger partial charge in [0.05, 0.1) is 11.1 Å². The number of rotatable bonds is 3. The molecule has 0 aliphatic heterocycles. The largest absolute Gasteiger partial charge is 0.416 e. The molecule has 2 nitrogen and oxygen atoms in total. The van der Waals surface area contributed by atoms with Gasteiger partial charge < -0.3 is 4.90 Å². The highest BCUT2D eigenvalue weighted by Crippen LogP contribution is 2.32. The van der Waals surface area contributed by atoms with E-state index in [4.69, 9.17) is 0 Å². The molecule has 1 saturated carbocycles. The monoisotopic (exact) mass is 275 g/mol. The third kappa shape index (κ3) is 3.24. The second kappa shape index (κ2) is 4.83. The van der Waals surface area contributed by atoms with Crippen molar-refractivity contribution in [3.05, 3.63) is 35.1 Å². The molecule has 1 aliphatic rings. The van der Waals surface area contributed by atoms with Crippen LogP contribution in [0.3, 0.4) is 0 Å². The van der Waals surface area contributed by atoms with E-state index in [-0.39, 0.29) is 0 Å². The van der Waals surface area contributed by atoms with Crippen LogP contribution in [0.4, 0.5) is 17.6 Å². The topological polar surface area (TPSA) is 20.3 Å². The smallest absolute Gasteiger partial charge is 0.341 e. The first-order valence-corrected chi connectivity index (χ1v) is 5.91. The Bertz CT molecular complexity index is 494. The fourth-order valence-electron chi connectivity index (χ4n) is 1.84. The van der Waals surface area contributed by atoms with E-state index >= 15 is 0 Å². The Balaban J connectivity index is 2.24. The Morgan fingerprint density at radius 3 is 2.53 bits per heavy atom.